The Kier molecular flexibility index (Phi) is 5.74. The van der Waals surface area contributed by atoms with Crippen molar-refractivity contribution in [2.24, 2.45) is 11.8 Å². The fourth-order valence-corrected chi connectivity index (χ4v) is 3.38. The molecule has 5 nitrogen and oxygen atoms in total. The van der Waals surface area contributed by atoms with Gasteiger partial charge in [0.2, 0.25) is 0 Å². The van der Waals surface area contributed by atoms with Gasteiger partial charge in [-0.2, -0.15) is 0 Å². The zero-order valence-electron chi connectivity index (χ0n) is 15.1. The third-order valence-electron chi connectivity index (χ3n) is 4.93. The molecule has 0 bridgehead atoms. The number of hydrogen-bond acceptors (Lipinski definition) is 3. The minimum atomic E-state index is -0.808. The number of aliphatic carboxylic acids is 1. The Morgan fingerprint density at radius 2 is 1.89 bits per heavy atom. The van der Waals surface area contributed by atoms with Crippen LogP contribution in [-0.4, -0.2) is 35.0 Å². The Labute approximate surface area is 157 Å². The van der Waals surface area contributed by atoms with Crippen LogP contribution in [0.5, 0.6) is 5.75 Å². The summed E-state index contributed by atoms with van der Waals surface area (Å²) in [6.07, 6.45) is 0.445. The molecule has 1 aliphatic rings. The standard InChI is InChI=1S/C21H22FNO4/c1-14-12-23(11-10-17(14)21(25)26)20(24)18-4-2-3-5-19(18)27-13-15-6-8-16(22)9-7-15/h2-9,14,17H,10-13H2,1H3,(H,25,26). The molecule has 1 saturated heterocycles. The van der Waals surface area contributed by atoms with Crippen molar-refractivity contribution in [3.8, 4) is 5.75 Å². The van der Waals surface area contributed by atoms with Crippen molar-refractivity contribution in [2.45, 2.75) is 20.0 Å². The van der Waals surface area contributed by atoms with E-state index >= 15 is 0 Å². The lowest BCUT2D eigenvalue weighted by molar-refractivity contribution is -0.145. The summed E-state index contributed by atoms with van der Waals surface area (Å²) in [5.74, 6) is -1.35. The lowest BCUT2D eigenvalue weighted by atomic mass is 9.87. The largest absolute Gasteiger partial charge is 0.488 e. The highest BCUT2D eigenvalue weighted by Crippen LogP contribution is 2.27. The van der Waals surface area contributed by atoms with E-state index in [4.69, 9.17) is 4.74 Å². The molecule has 0 radical (unpaired) electrons. The monoisotopic (exact) mass is 371 g/mol. The summed E-state index contributed by atoms with van der Waals surface area (Å²) in [6.45, 7) is 2.89. The van der Waals surface area contributed by atoms with E-state index in [2.05, 4.69) is 0 Å². The van der Waals surface area contributed by atoms with Crippen LogP contribution in [0, 0.1) is 17.7 Å². The fourth-order valence-electron chi connectivity index (χ4n) is 3.38. The van der Waals surface area contributed by atoms with Crippen molar-refractivity contribution in [3.63, 3.8) is 0 Å². The number of carboxylic acids is 1. The number of ether oxygens (including phenoxy) is 1. The minimum absolute atomic E-state index is 0.104. The number of rotatable bonds is 5. The summed E-state index contributed by atoms with van der Waals surface area (Å²) >= 11 is 0. The number of benzene rings is 2. The molecule has 3 rings (SSSR count). The summed E-state index contributed by atoms with van der Waals surface area (Å²) in [5.41, 5.74) is 1.25. The molecule has 1 amide bonds. The molecule has 6 heteroatoms. The van der Waals surface area contributed by atoms with Crippen LogP contribution in [0.15, 0.2) is 48.5 Å². The number of halogens is 1. The number of carboxylic acid groups (broad SMARTS) is 1. The Bertz CT molecular complexity index is 821. The van der Waals surface area contributed by atoms with Gasteiger partial charge in [-0.1, -0.05) is 31.2 Å². The third-order valence-corrected chi connectivity index (χ3v) is 4.93. The van der Waals surface area contributed by atoms with Crippen molar-refractivity contribution in [1.82, 2.24) is 4.90 Å². The van der Waals surface area contributed by atoms with Crippen LogP contribution in [0.3, 0.4) is 0 Å². The first-order valence-corrected chi connectivity index (χ1v) is 8.94. The summed E-state index contributed by atoms with van der Waals surface area (Å²) in [5, 5.41) is 9.24. The van der Waals surface area contributed by atoms with Gasteiger partial charge in [0.25, 0.3) is 5.91 Å². The number of carbonyl (C=O) groups is 2. The van der Waals surface area contributed by atoms with E-state index in [1.165, 1.54) is 12.1 Å². The molecular formula is C21H22FNO4. The maximum atomic E-state index is 13.0. The van der Waals surface area contributed by atoms with Gasteiger partial charge in [-0.3, -0.25) is 9.59 Å². The highest BCUT2D eigenvalue weighted by molar-refractivity contribution is 5.97. The van der Waals surface area contributed by atoms with Gasteiger partial charge in [-0.05, 0) is 42.2 Å². The molecule has 2 aromatic rings. The first-order valence-electron chi connectivity index (χ1n) is 8.94. The van der Waals surface area contributed by atoms with Crippen LogP contribution >= 0.6 is 0 Å². The number of likely N-dealkylation sites (tertiary alicyclic amines) is 1. The Morgan fingerprint density at radius 3 is 2.56 bits per heavy atom. The highest BCUT2D eigenvalue weighted by Gasteiger charge is 2.33. The van der Waals surface area contributed by atoms with Gasteiger partial charge in [0, 0.05) is 13.1 Å². The molecule has 1 aliphatic heterocycles. The van der Waals surface area contributed by atoms with Gasteiger partial charge in [0.05, 0.1) is 11.5 Å². The molecule has 0 saturated carbocycles. The van der Waals surface area contributed by atoms with Crippen LogP contribution in [0.2, 0.25) is 0 Å². The number of piperidine rings is 1. The molecule has 2 unspecified atom stereocenters. The van der Waals surface area contributed by atoms with Crippen molar-refractivity contribution in [2.75, 3.05) is 13.1 Å². The van der Waals surface area contributed by atoms with E-state index < -0.39 is 11.9 Å². The zero-order valence-corrected chi connectivity index (χ0v) is 15.1. The second kappa shape index (κ2) is 8.20. The lowest BCUT2D eigenvalue weighted by Gasteiger charge is -2.35. The van der Waals surface area contributed by atoms with Gasteiger partial charge in [0.1, 0.15) is 18.2 Å². The smallest absolute Gasteiger partial charge is 0.306 e. The van der Waals surface area contributed by atoms with Gasteiger partial charge in [0.15, 0.2) is 0 Å². The predicted molar refractivity (Wildman–Crippen MR) is 98.0 cm³/mol. The molecular weight excluding hydrogens is 349 g/mol. The zero-order chi connectivity index (χ0) is 19.4. The number of para-hydroxylation sites is 1. The summed E-state index contributed by atoms with van der Waals surface area (Å²) in [6, 6.07) is 13.0. The summed E-state index contributed by atoms with van der Waals surface area (Å²) in [7, 11) is 0. The van der Waals surface area contributed by atoms with Gasteiger partial charge in [-0.15, -0.1) is 0 Å². The van der Waals surface area contributed by atoms with E-state index in [0.29, 0.717) is 30.8 Å². The molecule has 0 aromatic heterocycles. The van der Waals surface area contributed by atoms with E-state index in [1.807, 2.05) is 6.92 Å². The highest BCUT2D eigenvalue weighted by atomic mass is 19.1. The SMILES string of the molecule is CC1CN(C(=O)c2ccccc2OCc2ccc(F)cc2)CCC1C(=O)O. The second-order valence-corrected chi connectivity index (χ2v) is 6.87. The normalized spacial score (nSPS) is 19.6. The molecule has 2 atom stereocenters. The average Bonchev–Trinajstić information content (AvgIpc) is 2.67. The van der Waals surface area contributed by atoms with Crippen molar-refractivity contribution in [1.29, 1.82) is 0 Å². The topological polar surface area (TPSA) is 66.8 Å². The molecule has 2 aromatic carbocycles. The van der Waals surface area contributed by atoms with Crippen molar-refractivity contribution >= 4 is 11.9 Å². The molecule has 0 aliphatic carbocycles. The van der Waals surface area contributed by atoms with Crippen LogP contribution in [0.4, 0.5) is 4.39 Å². The van der Waals surface area contributed by atoms with E-state index in [0.717, 1.165) is 5.56 Å². The molecule has 27 heavy (non-hydrogen) atoms. The molecule has 0 spiro atoms. The van der Waals surface area contributed by atoms with Crippen LogP contribution < -0.4 is 4.74 Å². The third kappa shape index (κ3) is 4.45. The van der Waals surface area contributed by atoms with E-state index in [-0.39, 0.29) is 24.2 Å². The molecule has 142 valence electrons. The van der Waals surface area contributed by atoms with Crippen molar-refractivity contribution < 1.29 is 23.8 Å². The maximum absolute atomic E-state index is 13.0. The first kappa shape index (κ1) is 18.9. The maximum Gasteiger partial charge on any atom is 0.306 e. The van der Waals surface area contributed by atoms with Gasteiger partial charge in [-0.25, -0.2) is 4.39 Å². The Hall–Kier alpha value is -2.89. The van der Waals surface area contributed by atoms with E-state index in [1.54, 1.807) is 41.3 Å². The van der Waals surface area contributed by atoms with Crippen molar-refractivity contribution in [3.05, 3.63) is 65.5 Å². The Balaban J connectivity index is 1.70. The van der Waals surface area contributed by atoms with Gasteiger partial charge >= 0.3 is 5.97 Å². The molecule has 1 fully saturated rings. The number of nitrogens with zero attached hydrogens (tertiary/aromatic N) is 1. The van der Waals surface area contributed by atoms with E-state index in [9.17, 15) is 19.1 Å². The summed E-state index contributed by atoms with van der Waals surface area (Å²) < 4.78 is 18.8. The lowest BCUT2D eigenvalue weighted by Crippen LogP contribution is -2.45. The second-order valence-electron chi connectivity index (χ2n) is 6.87. The number of hydrogen-bond donors (Lipinski definition) is 1. The Morgan fingerprint density at radius 1 is 1.19 bits per heavy atom. The molecule has 1 N–H and O–H groups in total. The quantitative estimate of drug-likeness (QED) is 0.872. The number of carbonyl (C=O) groups excluding carboxylic acids is 1. The van der Waals surface area contributed by atoms with Crippen LogP contribution in [-0.2, 0) is 11.4 Å². The van der Waals surface area contributed by atoms with Crippen LogP contribution in [0.25, 0.3) is 0 Å². The fraction of sp³-hybridized carbons (Fsp3) is 0.333. The number of amides is 1. The van der Waals surface area contributed by atoms with Gasteiger partial charge < -0.3 is 14.7 Å². The minimum Gasteiger partial charge on any atom is -0.488 e. The summed E-state index contributed by atoms with van der Waals surface area (Å²) in [4.78, 5) is 25.9. The predicted octanol–water partition coefficient (Wildman–Crippen LogP) is 3.59. The average molecular weight is 371 g/mol. The van der Waals surface area contributed by atoms with Crippen LogP contribution in [0.1, 0.15) is 29.3 Å². The molecule has 1 heterocycles. The first-order chi connectivity index (χ1) is 13.0.